The third-order valence-corrected chi connectivity index (χ3v) is 5.72. The number of halogens is 1. The van der Waals surface area contributed by atoms with Gasteiger partial charge in [-0.1, -0.05) is 30.3 Å². The lowest BCUT2D eigenvalue weighted by Gasteiger charge is -2.37. The second kappa shape index (κ2) is 10.4. The molecule has 24 heavy (non-hydrogen) atoms. The van der Waals surface area contributed by atoms with Crippen molar-refractivity contribution in [2.75, 3.05) is 39.8 Å². The molecule has 2 heterocycles. The van der Waals surface area contributed by atoms with E-state index in [1.807, 2.05) is 0 Å². The van der Waals surface area contributed by atoms with E-state index >= 15 is 0 Å². The van der Waals surface area contributed by atoms with Crippen LogP contribution in [0, 0.1) is 5.92 Å². The number of rotatable bonds is 6. The summed E-state index contributed by atoms with van der Waals surface area (Å²) in [7, 11) is 2.34. The van der Waals surface area contributed by atoms with Gasteiger partial charge < -0.3 is 10.2 Å². The van der Waals surface area contributed by atoms with Crippen LogP contribution in [0.2, 0.25) is 0 Å². The van der Waals surface area contributed by atoms with E-state index in [4.69, 9.17) is 0 Å². The van der Waals surface area contributed by atoms with Gasteiger partial charge in [-0.25, -0.2) is 0 Å². The van der Waals surface area contributed by atoms with Crippen molar-refractivity contribution < 1.29 is 0 Å². The summed E-state index contributed by atoms with van der Waals surface area (Å²) in [5, 5.41) is 3.54. The molecule has 0 bridgehead atoms. The molecule has 1 aromatic rings. The molecule has 2 aliphatic rings. The van der Waals surface area contributed by atoms with Gasteiger partial charge in [-0.05, 0) is 83.4 Å². The summed E-state index contributed by atoms with van der Waals surface area (Å²) in [5.41, 5.74) is 1.45. The van der Waals surface area contributed by atoms with E-state index in [1.54, 1.807) is 0 Å². The van der Waals surface area contributed by atoms with Gasteiger partial charge in [0.1, 0.15) is 0 Å². The highest BCUT2D eigenvalue weighted by atomic mass is 35.5. The molecular formula is C20H34ClN3. The minimum absolute atomic E-state index is 0. The lowest BCUT2D eigenvalue weighted by molar-refractivity contribution is 0.117. The standard InChI is InChI=1S/C20H33N3.ClH/c1-22(13-9-18-8-5-12-21-16-18)20-10-14-23(15-11-20)17-19-6-3-2-4-7-19;/h2-4,6-7,18,20-21H,5,8-17H2,1H3;1H. The Kier molecular flexibility index (Phi) is 8.54. The van der Waals surface area contributed by atoms with E-state index in [0.717, 1.165) is 18.5 Å². The van der Waals surface area contributed by atoms with E-state index < -0.39 is 0 Å². The van der Waals surface area contributed by atoms with Crippen molar-refractivity contribution in [2.45, 2.75) is 44.7 Å². The lowest BCUT2D eigenvalue weighted by atomic mass is 9.95. The predicted molar refractivity (Wildman–Crippen MR) is 105 cm³/mol. The van der Waals surface area contributed by atoms with Gasteiger partial charge in [0.2, 0.25) is 0 Å². The summed E-state index contributed by atoms with van der Waals surface area (Å²) < 4.78 is 0. The molecule has 0 spiro atoms. The van der Waals surface area contributed by atoms with Crippen LogP contribution in [0.15, 0.2) is 30.3 Å². The van der Waals surface area contributed by atoms with Crippen LogP contribution >= 0.6 is 12.4 Å². The van der Waals surface area contributed by atoms with Crippen LogP contribution in [-0.2, 0) is 6.54 Å². The molecule has 0 aliphatic carbocycles. The first-order chi connectivity index (χ1) is 11.3. The Labute approximate surface area is 154 Å². The van der Waals surface area contributed by atoms with Gasteiger partial charge in [-0.2, -0.15) is 0 Å². The lowest BCUT2D eigenvalue weighted by Crippen LogP contribution is -2.44. The average Bonchev–Trinajstić information content (AvgIpc) is 2.62. The third kappa shape index (κ3) is 6.03. The molecule has 1 atom stereocenters. The van der Waals surface area contributed by atoms with Gasteiger partial charge in [0.05, 0.1) is 0 Å². The first kappa shape index (κ1) is 19.7. The van der Waals surface area contributed by atoms with Crippen LogP contribution in [-0.4, -0.2) is 55.6 Å². The van der Waals surface area contributed by atoms with Crippen molar-refractivity contribution in [3.8, 4) is 0 Å². The topological polar surface area (TPSA) is 18.5 Å². The molecule has 2 saturated heterocycles. The van der Waals surface area contributed by atoms with Gasteiger partial charge in [-0.15, -0.1) is 12.4 Å². The fourth-order valence-corrected chi connectivity index (χ4v) is 4.10. The second-order valence-corrected chi connectivity index (χ2v) is 7.47. The van der Waals surface area contributed by atoms with Crippen molar-refractivity contribution in [1.82, 2.24) is 15.1 Å². The Balaban J connectivity index is 0.00000208. The molecule has 0 amide bonds. The molecule has 4 heteroatoms. The summed E-state index contributed by atoms with van der Waals surface area (Å²) in [4.78, 5) is 5.25. The van der Waals surface area contributed by atoms with Crippen molar-refractivity contribution in [3.63, 3.8) is 0 Å². The van der Waals surface area contributed by atoms with E-state index in [9.17, 15) is 0 Å². The number of nitrogens with zero attached hydrogens (tertiary/aromatic N) is 2. The van der Waals surface area contributed by atoms with Crippen LogP contribution in [0.4, 0.5) is 0 Å². The highest BCUT2D eigenvalue weighted by Crippen LogP contribution is 2.20. The summed E-state index contributed by atoms with van der Waals surface area (Å²) in [6.45, 7) is 7.35. The number of likely N-dealkylation sites (tertiary alicyclic amines) is 1. The highest BCUT2D eigenvalue weighted by molar-refractivity contribution is 5.85. The molecule has 0 saturated carbocycles. The smallest absolute Gasteiger partial charge is 0.0233 e. The molecule has 2 aliphatic heterocycles. The van der Waals surface area contributed by atoms with Crippen LogP contribution in [0.5, 0.6) is 0 Å². The summed E-state index contributed by atoms with van der Waals surface area (Å²) in [6.07, 6.45) is 6.81. The maximum Gasteiger partial charge on any atom is 0.0233 e. The Morgan fingerprint density at radius 3 is 2.54 bits per heavy atom. The number of nitrogens with one attached hydrogen (secondary N) is 1. The van der Waals surface area contributed by atoms with E-state index in [1.165, 1.54) is 70.4 Å². The molecule has 1 N–H and O–H groups in total. The summed E-state index contributed by atoms with van der Waals surface area (Å²) in [5.74, 6) is 0.907. The first-order valence-electron chi connectivity index (χ1n) is 9.48. The minimum atomic E-state index is 0. The van der Waals surface area contributed by atoms with Crippen LogP contribution < -0.4 is 5.32 Å². The molecular weight excluding hydrogens is 318 g/mol. The van der Waals surface area contributed by atoms with Crippen molar-refractivity contribution in [3.05, 3.63) is 35.9 Å². The maximum atomic E-state index is 3.54. The minimum Gasteiger partial charge on any atom is -0.316 e. The highest BCUT2D eigenvalue weighted by Gasteiger charge is 2.23. The number of benzene rings is 1. The van der Waals surface area contributed by atoms with Gasteiger partial charge in [0.15, 0.2) is 0 Å². The SMILES string of the molecule is CN(CCC1CCCNC1)C1CCN(Cc2ccccc2)CC1.Cl. The zero-order valence-corrected chi connectivity index (χ0v) is 15.9. The van der Waals surface area contributed by atoms with Gasteiger partial charge >= 0.3 is 0 Å². The Morgan fingerprint density at radius 2 is 1.88 bits per heavy atom. The summed E-state index contributed by atoms with van der Waals surface area (Å²) >= 11 is 0. The zero-order chi connectivity index (χ0) is 15.9. The van der Waals surface area contributed by atoms with Crippen molar-refractivity contribution >= 4 is 12.4 Å². The molecule has 136 valence electrons. The van der Waals surface area contributed by atoms with E-state index in [2.05, 4.69) is 52.5 Å². The van der Waals surface area contributed by atoms with Gasteiger partial charge in [-0.3, -0.25) is 4.90 Å². The molecule has 1 aromatic carbocycles. The quantitative estimate of drug-likeness (QED) is 0.847. The van der Waals surface area contributed by atoms with Gasteiger partial charge in [0, 0.05) is 12.6 Å². The molecule has 0 radical (unpaired) electrons. The van der Waals surface area contributed by atoms with E-state index in [-0.39, 0.29) is 12.4 Å². The van der Waals surface area contributed by atoms with Crippen LogP contribution in [0.25, 0.3) is 0 Å². The average molecular weight is 352 g/mol. The van der Waals surface area contributed by atoms with E-state index in [0.29, 0.717) is 0 Å². The Morgan fingerprint density at radius 1 is 1.12 bits per heavy atom. The number of hydrogen-bond donors (Lipinski definition) is 1. The number of hydrogen-bond acceptors (Lipinski definition) is 3. The largest absolute Gasteiger partial charge is 0.316 e. The van der Waals surface area contributed by atoms with Crippen molar-refractivity contribution in [1.29, 1.82) is 0 Å². The third-order valence-electron chi connectivity index (χ3n) is 5.72. The molecule has 0 aromatic heterocycles. The molecule has 3 nitrogen and oxygen atoms in total. The fourth-order valence-electron chi connectivity index (χ4n) is 4.10. The second-order valence-electron chi connectivity index (χ2n) is 7.47. The van der Waals surface area contributed by atoms with Gasteiger partial charge in [0.25, 0.3) is 0 Å². The first-order valence-corrected chi connectivity index (χ1v) is 9.48. The van der Waals surface area contributed by atoms with Crippen LogP contribution in [0.1, 0.15) is 37.7 Å². The van der Waals surface area contributed by atoms with Crippen molar-refractivity contribution in [2.24, 2.45) is 5.92 Å². The zero-order valence-electron chi connectivity index (χ0n) is 15.1. The predicted octanol–water partition coefficient (Wildman–Crippen LogP) is 3.39. The summed E-state index contributed by atoms with van der Waals surface area (Å²) in [6, 6.07) is 11.7. The Hall–Kier alpha value is -0.610. The molecule has 2 fully saturated rings. The monoisotopic (exact) mass is 351 g/mol. The Bertz CT molecular complexity index is 439. The number of piperidine rings is 2. The molecule has 1 unspecified atom stereocenters. The fraction of sp³-hybridized carbons (Fsp3) is 0.700. The maximum absolute atomic E-state index is 3.54. The normalized spacial score (nSPS) is 23.2. The molecule has 3 rings (SSSR count). The van der Waals surface area contributed by atoms with Crippen LogP contribution in [0.3, 0.4) is 0 Å².